The van der Waals surface area contributed by atoms with Crippen LogP contribution >= 0.6 is 0 Å². The lowest BCUT2D eigenvalue weighted by molar-refractivity contribution is -0.142. The first kappa shape index (κ1) is 21.8. The van der Waals surface area contributed by atoms with E-state index in [9.17, 15) is 24.5 Å². The summed E-state index contributed by atoms with van der Waals surface area (Å²) in [6.07, 6.45) is 0. The number of aromatic nitrogens is 2. The third kappa shape index (κ3) is 3.73. The third-order valence-electron chi connectivity index (χ3n) is 5.66. The molecular formula is C24H21FN4O4. The highest BCUT2D eigenvalue weighted by Gasteiger charge is 2.32. The van der Waals surface area contributed by atoms with Crippen LogP contribution in [0.25, 0.3) is 33.5 Å². The van der Waals surface area contributed by atoms with Crippen LogP contribution in [-0.4, -0.2) is 37.1 Å². The number of imidazole rings is 1. The van der Waals surface area contributed by atoms with Gasteiger partial charge in [-0.1, -0.05) is 0 Å². The second kappa shape index (κ2) is 7.63. The molecule has 0 atom stereocenters. The zero-order chi connectivity index (χ0) is 24.1. The number of hydrogen-bond acceptors (Lipinski definition) is 5. The first-order chi connectivity index (χ1) is 15.5. The highest BCUT2D eigenvalue weighted by Crippen LogP contribution is 2.44. The van der Waals surface area contributed by atoms with Crippen LogP contribution in [-0.2, 0) is 10.2 Å². The Labute approximate surface area is 187 Å². The molecular weight excluding hydrogens is 427 g/mol. The molecule has 1 heterocycles. The van der Waals surface area contributed by atoms with Crippen LogP contribution in [0.5, 0.6) is 11.5 Å². The van der Waals surface area contributed by atoms with Crippen molar-refractivity contribution in [3.8, 4) is 34.0 Å². The van der Waals surface area contributed by atoms with Gasteiger partial charge in [-0.25, -0.2) is 9.37 Å². The molecule has 0 amide bonds. The molecule has 0 aliphatic rings. The first-order valence-electron chi connectivity index (χ1n) is 9.93. The molecule has 9 heteroatoms. The number of nitrogens with zero attached hydrogens (tertiary/aromatic N) is 1. The normalized spacial score (nSPS) is 11.6. The van der Waals surface area contributed by atoms with Gasteiger partial charge in [0.05, 0.1) is 22.0 Å². The molecule has 0 aliphatic heterocycles. The minimum absolute atomic E-state index is 0.00626. The molecule has 0 fully saturated rings. The number of hydrogen-bond donors (Lipinski definition) is 6. The Hall–Kier alpha value is -4.40. The summed E-state index contributed by atoms with van der Waals surface area (Å²) in [6, 6.07) is 11.1. The molecule has 3 aromatic carbocycles. The van der Waals surface area contributed by atoms with Crippen LogP contribution < -0.4 is 5.73 Å². The molecule has 0 radical (unpaired) electrons. The number of aromatic amines is 1. The molecule has 33 heavy (non-hydrogen) atoms. The maximum atomic E-state index is 14.0. The number of nitrogens with one attached hydrogen (secondary N) is 2. The third-order valence-corrected chi connectivity index (χ3v) is 5.66. The molecule has 0 saturated heterocycles. The van der Waals surface area contributed by atoms with Crippen molar-refractivity contribution in [2.45, 2.75) is 19.3 Å². The SMILES string of the molecule is CC(C)(C(=O)O)c1cc(-c2nc3ccc(C(=N)N)cc3[nH]2)c(O)c(-c2cc(F)ccc2O)c1. The van der Waals surface area contributed by atoms with E-state index < -0.39 is 17.2 Å². The number of aromatic hydroxyl groups is 2. The second-order valence-corrected chi connectivity index (χ2v) is 8.24. The quantitative estimate of drug-likeness (QED) is 0.199. The molecule has 0 saturated carbocycles. The van der Waals surface area contributed by atoms with Gasteiger partial charge < -0.3 is 26.0 Å². The summed E-state index contributed by atoms with van der Waals surface area (Å²) in [4.78, 5) is 19.5. The predicted octanol–water partition coefficient (Wildman–Crippen LogP) is 4.09. The Balaban J connectivity index is 2.02. The highest BCUT2D eigenvalue weighted by molar-refractivity contribution is 5.98. The molecule has 4 rings (SSSR count). The van der Waals surface area contributed by atoms with Crippen molar-refractivity contribution in [3.63, 3.8) is 0 Å². The second-order valence-electron chi connectivity index (χ2n) is 8.24. The van der Waals surface area contributed by atoms with Crippen LogP contribution in [0.15, 0.2) is 48.5 Å². The molecule has 8 nitrogen and oxygen atoms in total. The fourth-order valence-corrected chi connectivity index (χ4v) is 3.53. The molecule has 4 aromatic rings. The Bertz CT molecular complexity index is 1440. The molecule has 0 bridgehead atoms. The monoisotopic (exact) mass is 448 g/mol. The van der Waals surface area contributed by atoms with E-state index in [2.05, 4.69) is 9.97 Å². The number of fused-ring (bicyclic) bond motifs is 1. The minimum atomic E-state index is -1.37. The fraction of sp³-hybridized carbons (Fsp3) is 0.125. The van der Waals surface area contributed by atoms with Gasteiger partial charge in [0.25, 0.3) is 0 Å². The zero-order valence-electron chi connectivity index (χ0n) is 17.8. The Morgan fingerprint density at radius 3 is 2.42 bits per heavy atom. The molecule has 0 spiro atoms. The summed E-state index contributed by atoms with van der Waals surface area (Å²) in [6.45, 7) is 3.00. The maximum absolute atomic E-state index is 14.0. The molecule has 168 valence electrons. The topological polar surface area (TPSA) is 156 Å². The van der Waals surface area contributed by atoms with Crippen molar-refractivity contribution in [1.29, 1.82) is 5.41 Å². The van der Waals surface area contributed by atoms with E-state index in [4.69, 9.17) is 11.1 Å². The smallest absolute Gasteiger partial charge is 0.313 e. The van der Waals surface area contributed by atoms with E-state index in [1.54, 1.807) is 18.2 Å². The number of aliphatic carboxylic acids is 1. The van der Waals surface area contributed by atoms with E-state index in [1.807, 2.05) is 0 Å². The first-order valence-corrected chi connectivity index (χ1v) is 9.93. The van der Waals surface area contributed by atoms with Gasteiger partial charge in [-0.05, 0) is 67.9 Å². The van der Waals surface area contributed by atoms with Gasteiger partial charge in [-0.15, -0.1) is 0 Å². The number of nitrogen functional groups attached to an aromatic ring is 1. The number of halogens is 1. The number of rotatable bonds is 5. The summed E-state index contributed by atoms with van der Waals surface area (Å²) in [5, 5.41) is 38.8. The summed E-state index contributed by atoms with van der Waals surface area (Å²) in [7, 11) is 0. The Morgan fingerprint density at radius 2 is 1.76 bits per heavy atom. The molecule has 7 N–H and O–H groups in total. The highest BCUT2D eigenvalue weighted by atomic mass is 19.1. The average molecular weight is 448 g/mol. The number of H-pyrrole nitrogens is 1. The van der Waals surface area contributed by atoms with Gasteiger partial charge in [0.2, 0.25) is 0 Å². The van der Waals surface area contributed by atoms with E-state index in [0.29, 0.717) is 22.2 Å². The summed E-state index contributed by atoms with van der Waals surface area (Å²) in [5.74, 6) is -2.23. The van der Waals surface area contributed by atoms with E-state index >= 15 is 0 Å². The number of carboxylic acids is 1. The molecule has 0 aliphatic carbocycles. The van der Waals surface area contributed by atoms with Gasteiger partial charge in [0.1, 0.15) is 29.0 Å². The van der Waals surface area contributed by atoms with E-state index in [-0.39, 0.29) is 39.8 Å². The van der Waals surface area contributed by atoms with Crippen molar-refractivity contribution in [1.82, 2.24) is 9.97 Å². The van der Waals surface area contributed by atoms with Gasteiger partial charge >= 0.3 is 5.97 Å². The lowest BCUT2D eigenvalue weighted by atomic mass is 9.81. The van der Waals surface area contributed by atoms with Crippen LogP contribution in [0, 0.1) is 11.2 Å². The van der Waals surface area contributed by atoms with Crippen molar-refractivity contribution >= 4 is 22.8 Å². The van der Waals surface area contributed by atoms with Gasteiger partial charge in [0, 0.05) is 16.7 Å². The number of amidine groups is 1. The molecule has 0 unspecified atom stereocenters. The average Bonchev–Trinajstić information content (AvgIpc) is 3.18. The van der Waals surface area contributed by atoms with Gasteiger partial charge in [-0.2, -0.15) is 0 Å². The minimum Gasteiger partial charge on any atom is -0.507 e. The van der Waals surface area contributed by atoms with Crippen LogP contribution in [0.1, 0.15) is 25.0 Å². The lowest BCUT2D eigenvalue weighted by Gasteiger charge is -2.22. The zero-order valence-corrected chi connectivity index (χ0v) is 17.8. The summed E-state index contributed by atoms with van der Waals surface area (Å²) in [5.41, 5.74) is 6.29. The van der Waals surface area contributed by atoms with Crippen molar-refractivity contribution < 1.29 is 24.5 Å². The van der Waals surface area contributed by atoms with Crippen molar-refractivity contribution in [2.24, 2.45) is 5.73 Å². The largest absolute Gasteiger partial charge is 0.507 e. The summed E-state index contributed by atoms with van der Waals surface area (Å²) < 4.78 is 14.0. The number of phenols is 2. The van der Waals surface area contributed by atoms with Crippen LogP contribution in [0.2, 0.25) is 0 Å². The van der Waals surface area contributed by atoms with Crippen molar-refractivity contribution in [3.05, 3.63) is 65.5 Å². The lowest BCUT2D eigenvalue weighted by Crippen LogP contribution is -2.28. The molecule has 1 aromatic heterocycles. The van der Waals surface area contributed by atoms with E-state index in [0.717, 1.165) is 18.2 Å². The van der Waals surface area contributed by atoms with Crippen LogP contribution in [0.4, 0.5) is 4.39 Å². The van der Waals surface area contributed by atoms with Crippen LogP contribution in [0.3, 0.4) is 0 Å². The van der Waals surface area contributed by atoms with Gasteiger partial charge in [0.15, 0.2) is 0 Å². The number of nitrogens with two attached hydrogens (primary N) is 1. The standard InChI is InChI=1S/C24H21FN4O4/c1-24(2,23(32)33)12-8-15(14-10-13(25)4-6-19(14)30)20(31)16(9-12)22-28-17-5-3-11(21(26)27)7-18(17)29-22/h3-10,30-31H,1-2H3,(H3,26,27)(H,28,29)(H,32,33). The number of benzene rings is 3. The number of carbonyl (C=O) groups is 1. The Morgan fingerprint density at radius 1 is 1.06 bits per heavy atom. The van der Waals surface area contributed by atoms with E-state index in [1.165, 1.54) is 26.0 Å². The number of carboxylic acid groups (broad SMARTS) is 1. The van der Waals surface area contributed by atoms with Crippen molar-refractivity contribution in [2.75, 3.05) is 0 Å². The Kier molecular flexibility index (Phi) is 5.04. The maximum Gasteiger partial charge on any atom is 0.313 e. The number of phenolic OH excluding ortho intramolecular Hbond substituents is 2. The predicted molar refractivity (Wildman–Crippen MR) is 122 cm³/mol. The van der Waals surface area contributed by atoms with Gasteiger partial charge in [-0.3, -0.25) is 10.2 Å². The fourth-order valence-electron chi connectivity index (χ4n) is 3.53. The summed E-state index contributed by atoms with van der Waals surface area (Å²) >= 11 is 0.